The molecule has 3 nitrogen and oxygen atoms in total. The van der Waals surface area contributed by atoms with E-state index in [1.807, 2.05) is 12.1 Å². The Hall–Kier alpha value is -1.45. The third kappa shape index (κ3) is 2.56. The molecule has 0 radical (unpaired) electrons. The summed E-state index contributed by atoms with van der Waals surface area (Å²) in [6.07, 6.45) is 3.02. The highest BCUT2D eigenvalue weighted by Crippen LogP contribution is 2.24. The first-order valence-electron chi connectivity index (χ1n) is 4.52. The van der Waals surface area contributed by atoms with E-state index in [9.17, 15) is 0 Å². The number of para-hydroxylation sites is 1. The fraction of sp³-hybridized carbons (Fsp3) is 0. The van der Waals surface area contributed by atoms with E-state index in [0.29, 0.717) is 16.4 Å². The van der Waals surface area contributed by atoms with Crippen LogP contribution in [-0.2, 0) is 0 Å². The van der Waals surface area contributed by atoms with Crippen LogP contribution in [0.5, 0.6) is 0 Å². The third-order valence-corrected chi connectivity index (χ3v) is 2.46. The van der Waals surface area contributed by atoms with Crippen molar-refractivity contribution in [2.75, 3.05) is 0 Å². The molecule has 5 heteroatoms. The summed E-state index contributed by atoms with van der Waals surface area (Å²) in [7, 11) is 0. The lowest BCUT2D eigenvalue weighted by Crippen LogP contribution is -1.94. The quantitative estimate of drug-likeness (QED) is 0.767. The molecule has 16 heavy (non-hydrogen) atoms. The van der Waals surface area contributed by atoms with Crippen LogP contribution in [0.4, 0.5) is 5.69 Å². The summed E-state index contributed by atoms with van der Waals surface area (Å²) in [6.45, 7) is 0. The summed E-state index contributed by atoms with van der Waals surface area (Å²) in [5.41, 5.74) is 1.18. The van der Waals surface area contributed by atoms with Gasteiger partial charge in [-0.3, -0.25) is 0 Å². The lowest BCUT2D eigenvalue weighted by molar-refractivity contribution is 1.15. The molecule has 2 rings (SSSR count). The Morgan fingerprint density at radius 2 is 2.00 bits per heavy atom. The number of hydrogen-bond donors (Lipinski definition) is 0. The van der Waals surface area contributed by atoms with E-state index >= 15 is 0 Å². The van der Waals surface area contributed by atoms with Gasteiger partial charge in [0, 0.05) is 6.20 Å². The molecule has 0 aliphatic carbocycles. The largest absolute Gasteiger partial charge is 0.245 e. The number of rotatable bonds is 2. The highest BCUT2D eigenvalue weighted by molar-refractivity contribution is 6.69. The van der Waals surface area contributed by atoms with E-state index in [4.69, 9.17) is 23.2 Å². The van der Waals surface area contributed by atoms with Gasteiger partial charge in [0.05, 0.1) is 10.7 Å². The van der Waals surface area contributed by atoms with Gasteiger partial charge in [-0.1, -0.05) is 35.3 Å². The summed E-state index contributed by atoms with van der Waals surface area (Å²) < 4.78 is 0. The van der Waals surface area contributed by atoms with Crippen molar-refractivity contribution in [1.29, 1.82) is 0 Å². The van der Waals surface area contributed by atoms with Crippen molar-refractivity contribution in [3.63, 3.8) is 0 Å². The molecule has 0 atom stereocenters. The second-order valence-corrected chi connectivity index (χ2v) is 3.71. The molecule has 1 aromatic carbocycles. The maximum atomic E-state index is 6.01. The van der Waals surface area contributed by atoms with Crippen LogP contribution in [-0.4, -0.2) is 15.1 Å². The Bertz CT molecular complexity index is 512. The van der Waals surface area contributed by atoms with Gasteiger partial charge in [0.15, 0.2) is 5.17 Å². The van der Waals surface area contributed by atoms with Gasteiger partial charge in [-0.15, -0.1) is 0 Å². The smallest absolute Gasteiger partial charge is 0.155 e. The number of aliphatic imine (C=N–C) groups is 1. The van der Waals surface area contributed by atoms with Crippen molar-refractivity contribution in [2.45, 2.75) is 0 Å². The van der Waals surface area contributed by atoms with Gasteiger partial charge in [0.2, 0.25) is 0 Å². The Kier molecular flexibility index (Phi) is 3.49. The fourth-order valence-corrected chi connectivity index (χ4v) is 1.50. The second kappa shape index (κ2) is 5.05. The zero-order valence-electron chi connectivity index (χ0n) is 8.14. The second-order valence-electron chi connectivity index (χ2n) is 2.95. The molecule has 0 fully saturated rings. The van der Waals surface area contributed by atoms with Crippen LogP contribution in [0.1, 0.15) is 5.69 Å². The average molecular weight is 252 g/mol. The molecule has 1 heterocycles. The Labute approximate surface area is 103 Å². The monoisotopic (exact) mass is 251 g/mol. The molecule has 80 valence electrons. The van der Waals surface area contributed by atoms with Gasteiger partial charge >= 0.3 is 0 Å². The van der Waals surface area contributed by atoms with Gasteiger partial charge in [0.25, 0.3) is 0 Å². The number of aromatic nitrogens is 2. The van der Waals surface area contributed by atoms with E-state index < -0.39 is 0 Å². The van der Waals surface area contributed by atoms with Gasteiger partial charge < -0.3 is 0 Å². The van der Waals surface area contributed by atoms with Crippen LogP contribution in [0.15, 0.2) is 47.8 Å². The summed E-state index contributed by atoms with van der Waals surface area (Å²) in [5.74, 6) is 0. The maximum Gasteiger partial charge on any atom is 0.155 e. The average Bonchev–Trinajstić information content (AvgIpc) is 2.33. The number of benzene rings is 1. The topological polar surface area (TPSA) is 38.1 Å². The van der Waals surface area contributed by atoms with Crippen LogP contribution in [0.25, 0.3) is 0 Å². The molecule has 2 aromatic rings. The predicted octanol–water partition coefficient (Wildman–Crippen LogP) is 3.45. The zero-order chi connectivity index (χ0) is 11.4. The van der Waals surface area contributed by atoms with Gasteiger partial charge in [-0.2, -0.15) is 0 Å². The lowest BCUT2D eigenvalue weighted by Gasteiger charge is -1.99. The minimum atomic E-state index is 0.288. The normalized spacial score (nSPS) is 11.5. The van der Waals surface area contributed by atoms with Gasteiger partial charge in [-0.25, -0.2) is 15.0 Å². The molecule has 0 saturated heterocycles. The van der Waals surface area contributed by atoms with Gasteiger partial charge in [0.1, 0.15) is 12.0 Å². The first kappa shape index (κ1) is 11.0. The van der Waals surface area contributed by atoms with Crippen LogP contribution in [0, 0.1) is 0 Å². The van der Waals surface area contributed by atoms with E-state index in [1.54, 1.807) is 24.4 Å². The van der Waals surface area contributed by atoms with Crippen LogP contribution >= 0.6 is 23.2 Å². The molecular formula is C11H7Cl2N3. The SMILES string of the molecule is ClC(=Nc1ccccc1Cl)c1ccncn1. The van der Waals surface area contributed by atoms with Crippen molar-refractivity contribution in [3.8, 4) is 0 Å². The van der Waals surface area contributed by atoms with Crippen molar-refractivity contribution in [3.05, 3.63) is 53.6 Å². The van der Waals surface area contributed by atoms with E-state index in [-0.39, 0.29) is 5.17 Å². The molecule has 0 saturated carbocycles. The molecule has 0 aliphatic rings. The molecule has 0 unspecified atom stereocenters. The van der Waals surface area contributed by atoms with Crippen molar-refractivity contribution in [1.82, 2.24) is 9.97 Å². The Balaban J connectivity index is 2.36. The van der Waals surface area contributed by atoms with Gasteiger partial charge in [-0.05, 0) is 18.2 Å². The summed E-state index contributed by atoms with van der Waals surface area (Å²) >= 11 is 12.0. The summed E-state index contributed by atoms with van der Waals surface area (Å²) in [4.78, 5) is 12.0. The van der Waals surface area contributed by atoms with E-state index in [1.165, 1.54) is 6.33 Å². The highest BCUT2D eigenvalue weighted by Gasteiger charge is 2.02. The zero-order valence-corrected chi connectivity index (χ0v) is 9.65. The molecular weight excluding hydrogens is 245 g/mol. The number of nitrogens with zero attached hydrogens (tertiary/aromatic N) is 3. The molecule has 0 aliphatic heterocycles. The molecule has 0 bridgehead atoms. The summed E-state index contributed by atoms with van der Waals surface area (Å²) in [6, 6.07) is 8.90. The van der Waals surface area contributed by atoms with Crippen LogP contribution < -0.4 is 0 Å². The van der Waals surface area contributed by atoms with Crippen LogP contribution in [0.3, 0.4) is 0 Å². The van der Waals surface area contributed by atoms with Crippen molar-refractivity contribution >= 4 is 34.1 Å². The predicted molar refractivity (Wildman–Crippen MR) is 65.5 cm³/mol. The molecule has 0 spiro atoms. The fourth-order valence-electron chi connectivity index (χ4n) is 1.12. The Morgan fingerprint density at radius 3 is 2.69 bits per heavy atom. The minimum Gasteiger partial charge on any atom is -0.245 e. The molecule has 0 N–H and O–H groups in total. The third-order valence-electron chi connectivity index (χ3n) is 1.86. The minimum absolute atomic E-state index is 0.288. The van der Waals surface area contributed by atoms with Crippen molar-refractivity contribution in [2.24, 2.45) is 4.99 Å². The number of halogens is 2. The van der Waals surface area contributed by atoms with E-state index in [0.717, 1.165) is 0 Å². The first-order valence-corrected chi connectivity index (χ1v) is 5.28. The molecule has 0 amide bonds. The standard InChI is InChI=1S/C11H7Cl2N3/c12-8-3-1-2-4-9(8)16-11(13)10-5-6-14-7-15-10/h1-7H. The molecule has 1 aromatic heterocycles. The van der Waals surface area contributed by atoms with E-state index in [2.05, 4.69) is 15.0 Å². The summed E-state index contributed by atoms with van der Waals surface area (Å²) in [5, 5.41) is 0.838. The lowest BCUT2D eigenvalue weighted by atomic mass is 10.3. The number of hydrogen-bond acceptors (Lipinski definition) is 3. The van der Waals surface area contributed by atoms with Crippen molar-refractivity contribution < 1.29 is 0 Å². The maximum absolute atomic E-state index is 6.01. The highest BCUT2D eigenvalue weighted by atomic mass is 35.5. The first-order chi connectivity index (χ1) is 7.77. The van der Waals surface area contributed by atoms with Crippen LogP contribution in [0.2, 0.25) is 5.02 Å². The Morgan fingerprint density at radius 1 is 1.19 bits per heavy atom.